The molecular formula is C11H12N4S3. The van der Waals surface area contributed by atoms with Gasteiger partial charge in [-0.2, -0.15) is 0 Å². The topological polar surface area (TPSA) is 75.7 Å². The predicted octanol–water partition coefficient (Wildman–Crippen LogP) is 2.84. The van der Waals surface area contributed by atoms with Crippen LogP contribution in [0.4, 0.5) is 0 Å². The number of nitrogen functional groups attached to an aromatic ring is 1. The van der Waals surface area contributed by atoms with Crippen LogP contribution in [0.1, 0.15) is 11.1 Å². The first-order valence-electron chi connectivity index (χ1n) is 5.12. The molecule has 0 saturated heterocycles. The van der Waals surface area contributed by atoms with Crippen molar-refractivity contribution < 1.29 is 0 Å². The number of nitrogens with zero attached hydrogens (tertiary/aromatic N) is 2. The van der Waals surface area contributed by atoms with Gasteiger partial charge in [-0.3, -0.25) is 5.41 Å². The third-order valence-corrected chi connectivity index (χ3v) is 5.27. The summed E-state index contributed by atoms with van der Waals surface area (Å²) in [7, 11) is 0. The van der Waals surface area contributed by atoms with Gasteiger partial charge in [0.2, 0.25) is 0 Å². The van der Waals surface area contributed by atoms with Crippen LogP contribution in [0.25, 0.3) is 0 Å². The first-order chi connectivity index (χ1) is 8.69. The molecule has 2 aromatic rings. The molecule has 3 N–H and O–H groups in total. The van der Waals surface area contributed by atoms with Gasteiger partial charge in [-0.05, 0) is 17.9 Å². The van der Waals surface area contributed by atoms with E-state index in [1.165, 1.54) is 0 Å². The van der Waals surface area contributed by atoms with E-state index in [0.29, 0.717) is 0 Å². The summed E-state index contributed by atoms with van der Waals surface area (Å²) in [6.07, 6.45) is 1.99. The molecule has 0 spiro atoms. The number of nitrogens with one attached hydrogen (secondary N) is 1. The Hall–Kier alpha value is -1.05. The summed E-state index contributed by atoms with van der Waals surface area (Å²) in [5.41, 5.74) is 7.36. The summed E-state index contributed by atoms with van der Waals surface area (Å²) in [4.78, 5) is 0. The second-order valence-corrected chi connectivity index (χ2v) is 6.69. The van der Waals surface area contributed by atoms with Crippen LogP contribution in [0, 0.1) is 5.41 Å². The molecule has 0 unspecified atom stereocenters. The summed E-state index contributed by atoms with van der Waals surface area (Å²) in [5, 5.41) is 15.6. The van der Waals surface area contributed by atoms with Gasteiger partial charge in [-0.15, -0.1) is 10.2 Å². The molecule has 18 heavy (non-hydrogen) atoms. The third-order valence-electron chi connectivity index (χ3n) is 2.16. The zero-order chi connectivity index (χ0) is 13.0. The molecule has 1 heterocycles. The minimum absolute atomic E-state index is 0.0995. The molecule has 1 aromatic carbocycles. The number of benzene rings is 1. The van der Waals surface area contributed by atoms with Crippen molar-refractivity contribution in [3.8, 4) is 0 Å². The number of aromatic nitrogens is 2. The SMILES string of the molecule is CSc1nnc(SCc2cccc(C(=N)N)c2)s1. The highest BCUT2D eigenvalue weighted by molar-refractivity contribution is 8.02. The molecule has 2 rings (SSSR count). The Morgan fingerprint density at radius 1 is 1.39 bits per heavy atom. The van der Waals surface area contributed by atoms with Gasteiger partial charge in [0.15, 0.2) is 8.68 Å². The van der Waals surface area contributed by atoms with Crippen LogP contribution in [-0.4, -0.2) is 22.3 Å². The number of amidine groups is 1. The van der Waals surface area contributed by atoms with E-state index in [1.54, 1.807) is 34.9 Å². The normalized spacial score (nSPS) is 10.5. The highest BCUT2D eigenvalue weighted by atomic mass is 32.2. The van der Waals surface area contributed by atoms with E-state index in [1.807, 2.05) is 30.5 Å². The van der Waals surface area contributed by atoms with E-state index in [9.17, 15) is 0 Å². The zero-order valence-electron chi connectivity index (χ0n) is 9.71. The van der Waals surface area contributed by atoms with Crippen LogP contribution < -0.4 is 5.73 Å². The van der Waals surface area contributed by atoms with E-state index in [0.717, 1.165) is 25.6 Å². The van der Waals surface area contributed by atoms with E-state index >= 15 is 0 Å². The highest BCUT2D eigenvalue weighted by Crippen LogP contribution is 2.29. The zero-order valence-corrected chi connectivity index (χ0v) is 12.2. The molecule has 7 heteroatoms. The van der Waals surface area contributed by atoms with Crippen molar-refractivity contribution in [1.29, 1.82) is 5.41 Å². The van der Waals surface area contributed by atoms with Crippen molar-refractivity contribution in [2.24, 2.45) is 5.73 Å². The average molecular weight is 296 g/mol. The van der Waals surface area contributed by atoms with Crippen molar-refractivity contribution in [3.05, 3.63) is 35.4 Å². The maximum absolute atomic E-state index is 7.40. The second-order valence-electron chi connectivity index (χ2n) is 3.44. The van der Waals surface area contributed by atoms with Crippen LogP contribution in [0.5, 0.6) is 0 Å². The summed E-state index contributed by atoms with van der Waals surface area (Å²) in [6, 6.07) is 7.72. The fourth-order valence-electron chi connectivity index (χ4n) is 1.31. The molecule has 0 fully saturated rings. The van der Waals surface area contributed by atoms with Crippen LogP contribution in [0.3, 0.4) is 0 Å². The Bertz CT molecular complexity index is 553. The van der Waals surface area contributed by atoms with E-state index in [2.05, 4.69) is 10.2 Å². The Morgan fingerprint density at radius 2 is 2.17 bits per heavy atom. The van der Waals surface area contributed by atoms with Crippen molar-refractivity contribution >= 4 is 40.7 Å². The van der Waals surface area contributed by atoms with Crippen LogP contribution in [-0.2, 0) is 5.75 Å². The Balaban J connectivity index is 2.01. The van der Waals surface area contributed by atoms with Crippen molar-refractivity contribution in [2.75, 3.05) is 6.26 Å². The minimum atomic E-state index is 0.0995. The van der Waals surface area contributed by atoms with Gasteiger partial charge in [0, 0.05) is 11.3 Å². The van der Waals surface area contributed by atoms with Crippen molar-refractivity contribution in [2.45, 2.75) is 14.4 Å². The van der Waals surface area contributed by atoms with Gasteiger partial charge in [-0.25, -0.2) is 0 Å². The molecule has 0 amide bonds. The molecular weight excluding hydrogens is 284 g/mol. The van der Waals surface area contributed by atoms with Gasteiger partial charge in [0.05, 0.1) is 0 Å². The standard InChI is InChI=1S/C11H12N4S3/c1-16-10-14-15-11(18-10)17-6-7-3-2-4-8(5-7)9(12)13/h2-5H,6H2,1H3,(H3,12,13). The van der Waals surface area contributed by atoms with Gasteiger partial charge in [0.1, 0.15) is 5.84 Å². The number of nitrogens with two attached hydrogens (primary N) is 1. The Morgan fingerprint density at radius 3 is 2.83 bits per heavy atom. The van der Waals surface area contributed by atoms with Gasteiger partial charge in [-0.1, -0.05) is 53.1 Å². The lowest BCUT2D eigenvalue weighted by Gasteiger charge is -2.02. The summed E-state index contributed by atoms with van der Waals surface area (Å²) < 4.78 is 1.95. The first-order valence-corrected chi connectivity index (χ1v) is 8.15. The molecule has 0 radical (unpaired) electrons. The molecule has 0 bridgehead atoms. The van der Waals surface area contributed by atoms with E-state index in [4.69, 9.17) is 11.1 Å². The lowest BCUT2D eigenvalue weighted by Crippen LogP contribution is -2.10. The monoisotopic (exact) mass is 296 g/mol. The van der Waals surface area contributed by atoms with Crippen LogP contribution >= 0.6 is 34.9 Å². The van der Waals surface area contributed by atoms with Crippen molar-refractivity contribution in [3.63, 3.8) is 0 Å². The minimum Gasteiger partial charge on any atom is -0.384 e. The Labute approximate surface area is 118 Å². The molecule has 0 aliphatic carbocycles. The number of hydrogen-bond acceptors (Lipinski definition) is 6. The largest absolute Gasteiger partial charge is 0.384 e. The van der Waals surface area contributed by atoms with Gasteiger partial charge >= 0.3 is 0 Å². The molecule has 0 atom stereocenters. The number of rotatable bonds is 5. The van der Waals surface area contributed by atoms with Crippen LogP contribution in [0.15, 0.2) is 32.9 Å². The fourth-order valence-corrected chi connectivity index (χ4v) is 3.69. The summed E-state index contributed by atoms with van der Waals surface area (Å²) >= 11 is 4.85. The van der Waals surface area contributed by atoms with E-state index < -0.39 is 0 Å². The lowest BCUT2D eigenvalue weighted by molar-refractivity contribution is 0.955. The third kappa shape index (κ3) is 3.47. The van der Waals surface area contributed by atoms with Crippen molar-refractivity contribution in [1.82, 2.24) is 10.2 Å². The maximum Gasteiger partial charge on any atom is 0.175 e. The first kappa shape index (κ1) is 13.4. The quantitative estimate of drug-likeness (QED) is 0.504. The molecule has 4 nitrogen and oxygen atoms in total. The number of hydrogen-bond donors (Lipinski definition) is 2. The smallest absolute Gasteiger partial charge is 0.175 e. The Kier molecular flexibility index (Phi) is 4.62. The molecule has 1 aromatic heterocycles. The van der Waals surface area contributed by atoms with Gasteiger partial charge < -0.3 is 5.73 Å². The summed E-state index contributed by atoms with van der Waals surface area (Å²) in [6.45, 7) is 0. The highest BCUT2D eigenvalue weighted by Gasteiger charge is 2.05. The van der Waals surface area contributed by atoms with Gasteiger partial charge in [0.25, 0.3) is 0 Å². The molecule has 0 saturated carbocycles. The maximum atomic E-state index is 7.40. The number of thioether (sulfide) groups is 2. The predicted molar refractivity (Wildman–Crippen MR) is 78.7 cm³/mol. The second kappa shape index (κ2) is 6.21. The summed E-state index contributed by atoms with van der Waals surface area (Å²) in [5.74, 6) is 0.909. The molecule has 94 valence electrons. The fraction of sp³-hybridized carbons (Fsp3) is 0.182. The van der Waals surface area contributed by atoms with E-state index in [-0.39, 0.29) is 5.84 Å². The molecule has 0 aliphatic heterocycles. The molecule has 0 aliphatic rings. The lowest BCUT2D eigenvalue weighted by atomic mass is 10.1. The van der Waals surface area contributed by atoms with Crippen LogP contribution in [0.2, 0.25) is 0 Å². The average Bonchev–Trinajstić information content (AvgIpc) is 2.84.